The van der Waals surface area contributed by atoms with E-state index in [2.05, 4.69) is 0 Å². The van der Waals surface area contributed by atoms with Crippen molar-refractivity contribution in [1.82, 2.24) is 0 Å². The maximum absolute atomic E-state index is 11.9. The van der Waals surface area contributed by atoms with Gasteiger partial charge >= 0.3 is 0 Å². The highest BCUT2D eigenvalue weighted by atomic mass is 32.2. The molecule has 1 fully saturated rings. The molecule has 5 heteroatoms. The molecule has 0 aliphatic heterocycles. The minimum Gasteiger partial charge on any atom is -0.327 e. The molecular weight excluding hydrogens is 238 g/mol. The van der Waals surface area contributed by atoms with Gasteiger partial charge in [0.05, 0.1) is 10.5 Å². The second-order valence-corrected chi connectivity index (χ2v) is 8.71. The Labute approximate surface area is 104 Å². The molecule has 0 aromatic carbocycles. The fourth-order valence-electron chi connectivity index (χ4n) is 2.12. The highest BCUT2D eigenvalue weighted by molar-refractivity contribution is 7.92. The highest BCUT2D eigenvalue weighted by Crippen LogP contribution is 2.26. The summed E-state index contributed by atoms with van der Waals surface area (Å²) in [6.45, 7) is 4.98. The van der Waals surface area contributed by atoms with Crippen LogP contribution in [0.5, 0.6) is 0 Å². The van der Waals surface area contributed by atoms with Crippen molar-refractivity contribution in [2.24, 2.45) is 11.7 Å². The Morgan fingerprint density at radius 3 is 2.29 bits per heavy atom. The minimum absolute atomic E-state index is 0.0165. The Morgan fingerprint density at radius 2 is 1.88 bits per heavy atom. The average Bonchev–Trinajstić information content (AvgIpc) is 2.59. The summed E-state index contributed by atoms with van der Waals surface area (Å²) in [5.41, 5.74) is 5.83. The Balaban J connectivity index is 2.55. The number of nitrogens with two attached hydrogens (primary N) is 1. The second kappa shape index (κ2) is 5.06. The van der Waals surface area contributed by atoms with Gasteiger partial charge in [-0.05, 0) is 33.6 Å². The molecule has 0 amide bonds. The largest absolute Gasteiger partial charge is 0.327 e. The van der Waals surface area contributed by atoms with Gasteiger partial charge in [-0.15, -0.1) is 0 Å². The summed E-state index contributed by atoms with van der Waals surface area (Å²) in [5, 5.41) is 0. The minimum atomic E-state index is -3.20. The fraction of sp³-hybridized carbons (Fsp3) is 0.917. The lowest BCUT2D eigenvalue weighted by Crippen LogP contribution is -2.34. The van der Waals surface area contributed by atoms with Crippen LogP contribution >= 0.6 is 0 Å². The Bertz CT molecular complexity index is 381. The molecular formula is C12H23NO3S. The van der Waals surface area contributed by atoms with Gasteiger partial charge in [0.15, 0.2) is 9.84 Å². The lowest BCUT2D eigenvalue weighted by atomic mass is 9.97. The van der Waals surface area contributed by atoms with Crippen LogP contribution < -0.4 is 5.73 Å². The predicted molar refractivity (Wildman–Crippen MR) is 68.5 cm³/mol. The zero-order valence-electron chi connectivity index (χ0n) is 10.9. The van der Waals surface area contributed by atoms with Crippen LogP contribution in [-0.2, 0) is 14.6 Å². The summed E-state index contributed by atoms with van der Waals surface area (Å²) < 4.78 is 23.0. The van der Waals surface area contributed by atoms with Gasteiger partial charge in [-0.1, -0.05) is 6.42 Å². The molecule has 4 nitrogen and oxygen atoms in total. The second-order valence-electron chi connectivity index (χ2n) is 5.85. The van der Waals surface area contributed by atoms with E-state index in [4.69, 9.17) is 5.73 Å². The number of hydrogen-bond donors (Lipinski definition) is 1. The zero-order valence-corrected chi connectivity index (χ0v) is 11.7. The number of ketones is 1. The Hall–Kier alpha value is -0.420. The van der Waals surface area contributed by atoms with Crippen molar-refractivity contribution < 1.29 is 13.2 Å². The number of carbonyl (C=O) groups is 1. The summed E-state index contributed by atoms with van der Waals surface area (Å²) in [6.07, 6.45) is 2.78. The monoisotopic (exact) mass is 261 g/mol. The quantitative estimate of drug-likeness (QED) is 0.827. The van der Waals surface area contributed by atoms with Crippen LogP contribution in [0.2, 0.25) is 0 Å². The Morgan fingerprint density at radius 1 is 1.29 bits per heavy atom. The van der Waals surface area contributed by atoms with Gasteiger partial charge in [0.25, 0.3) is 0 Å². The van der Waals surface area contributed by atoms with Gasteiger partial charge in [-0.2, -0.15) is 0 Å². The van der Waals surface area contributed by atoms with E-state index in [1.807, 2.05) is 0 Å². The van der Waals surface area contributed by atoms with E-state index in [9.17, 15) is 13.2 Å². The normalized spacial score (nSPS) is 26.1. The van der Waals surface area contributed by atoms with Gasteiger partial charge in [0.1, 0.15) is 5.78 Å². The Kier molecular flexibility index (Phi) is 4.36. The highest BCUT2D eigenvalue weighted by Gasteiger charge is 2.33. The molecule has 1 rings (SSSR count). The van der Waals surface area contributed by atoms with Crippen molar-refractivity contribution >= 4 is 15.6 Å². The van der Waals surface area contributed by atoms with E-state index >= 15 is 0 Å². The molecule has 0 spiro atoms. The molecule has 1 aliphatic carbocycles. The van der Waals surface area contributed by atoms with Crippen molar-refractivity contribution in [2.45, 2.75) is 57.2 Å². The maximum Gasteiger partial charge on any atom is 0.155 e. The van der Waals surface area contributed by atoms with Gasteiger partial charge in [0, 0.05) is 18.4 Å². The first-order chi connectivity index (χ1) is 7.65. The third-order valence-electron chi connectivity index (χ3n) is 3.53. The van der Waals surface area contributed by atoms with Crippen LogP contribution in [-0.4, -0.2) is 30.7 Å². The van der Waals surface area contributed by atoms with Crippen LogP contribution in [0.1, 0.15) is 46.5 Å². The molecule has 0 aromatic rings. The van der Waals surface area contributed by atoms with Gasteiger partial charge in [0.2, 0.25) is 0 Å². The van der Waals surface area contributed by atoms with Gasteiger partial charge in [-0.3, -0.25) is 4.79 Å². The van der Waals surface area contributed by atoms with E-state index < -0.39 is 14.6 Å². The topological polar surface area (TPSA) is 77.2 Å². The lowest BCUT2D eigenvalue weighted by Gasteiger charge is -2.20. The van der Waals surface area contributed by atoms with Crippen molar-refractivity contribution in [1.29, 1.82) is 0 Å². The standard InChI is InChI=1S/C12H23NO3S/c1-12(2,3)17(15,16)8-7-11(14)9-5-4-6-10(9)13/h9-10H,4-8,13H2,1-3H3. The van der Waals surface area contributed by atoms with E-state index in [0.717, 1.165) is 19.3 Å². The van der Waals surface area contributed by atoms with Crippen LogP contribution in [0.3, 0.4) is 0 Å². The molecule has 2 unspecified atom stereocenters. The molecule has 100 valence electrons. The maximum atomic E-state index is 11.9. The molecule has 1 saturated carbocycles. The zero-order chi connectivity index (χ0) is 13.3. The van der Waals surface area contributed by atoms with Crippen LogP contribution in [0, 0.1) is 5.92 Å². The first kappa shape index (κ1) is 14.6. The van der Waals surface area contributed by atoms with Gasteiger partial charge in [-0.25, -0.2) is 8.42 Å². The van der Waals surface area contributed by atoms with Crippen molar-refractivity contribution in [3.8, 4) is 0 Å². The molecule has 0 radical (unpaired) electrons. The molecule has 0 aromatic heterocycles. The van der Waals surface area contributed by atoms with Gasteiger partial charge < -0.3 is 5.73 Å². The number of carbonyl (C=O) groups excluding carboxylic acids is 1. The third-order valence-corrected chi connectivity index (χ3v) is 6.14. The summed E-state index contributed by atoms with van der Waals surface area (Å²) in [4.78, 5) is 11.9. The smallest absolute Gasteiger partial charge is 0.155 e. The van der Waals surface area contributed by atoms with Crippen LogP contribution in [0.25, 0.3) is 0 Å². The van der Waals surface area contributed by atoms with Crippen molar-refractivity contribution in [2.75, 3.05) is 5.75 Å². The molecule has 2 N–H and O–H groups in total. The SMILES string of the molecule is CC(C)(C)S(=O)(=O)CCC(=O)C1CCCC1N. The summed E-state index contributed by atoms with van der Waals surface area (Å²) in [7, 11) is -3.20. The summed E-state index contributed by atoms with van der Waals surface area (Å²) in [5.74, 6) is -0.161. The van der Waals surface area contributed by atoms with E-state index in [0.29, 0.717) is 0 Å². The molecule has 17 heavy (non-hydrogen) atoms. The third kappa shape index (κ3) is 3.52. The molecule has 0 heterocycles. The summed E-state index contributed by atoms with van der Waals surface area (Å²) >= 11 is 0. The molecule has 0 bridgehead atoms. The van der Waals surface area contributed by atoms with Crippen LogP contribution in [0.15, 0.2) is 0 Å². The number of rotatable bonds is 4. The van der Waals surface area contributed by atoms with E-state index in [1.54, 1.807) is 20.8 Å². The number of Topliss-reactive ketones (excluding diaryl/α,β-unsaturated/α-hetero) is 1. The fourth-order valence-corrected chi connectivity index (χ4v) is 3.20. The van der Waals surface area contributed by atoms with Crippen molar-refractivity contribution in [3.05, 3.63) is 0 Å². The summed E-state index contributed by atoms with van der Waals surface area (Å²) in [6, 6.07) is -0.0696. The first-order valence-electron chi connectivity index (χ1n) is 6.16. The van der Waals surface area contributed by atoms with E-state index in [-0.39, 0.29) is 29.9 Å². The first-order valence-corrected chi connectivity index (χ1v) is 7.81. The van der Waals surface area contributed by atoms with Crippen LogP contribution in [0.4, 0.5) is 0 Å². The molecule has 2 atom stereocenters. The average molecular weight is 261 g/mol. The molecule has 1 aliphatic rings. The number of sulfone groups is 1. The van der Waals surface area contributed by atoms with Crippen molar-refractivity contribution in [3.63, 3.8) is 0 Å². The lowest BCUT2D eigenvalue weighted by molar-refractivity contribution is -0.122. The number of hydrogen-bond acceptors (Lipinski definition) is 4. The predicted octanol–water partition coefficient (Wildman–Crippen LogP) is 1.29. The van der Waals surface area contributed by atoms with E-state index in [1.165, 1.54) is 0 Å². The molecule has 0 saturated heterocycles.